The third-order valence-corrected chi connectivity index (χ3v) is 10.7. The summed E-state index contributed by atoms with van der Waals surface area (Å²) in [6.07, 6.45) is 2.33. The quantitative estimate of drug-likeness (QED) is 0.106. The smallest absolute Gasteiger partial charge is 0.255 e. The largest absolute Gasteiger partial charge is 0.508 e. The number of aromatic hydroxyl groups is 1. The summed E-state index contributed by atoms with van der Waals surface area (Å²) in [5, 5.41) is 22.6. The van der Waals surface area contributed by atoms with Gasteiger partial charge in [0.05, 0.1) is 6.07 Å². The highest BCUT2D eigenvalue weighted by Crippen LogP contribution is 2.37. The van der Waals surface area contributed by atoms with Gasteiger partial charge in [-0.2, -0.15) is 5.26 Å². The Labute approximate surface area is 324 Å². The summed E-state index contributed by atoms with van der Waals surface area (Å²) in [5.41, 5.74) is 3.78. The minimum Gasteiger partial charge on any atom is -0.508 e. The number of amidine groups is 1. The monoisotopic (exact) mass is 775 g/mol. The van der Waals surface area contributed by atoms with Gasteiger partial charge in [0.15, 0.2) is 5.17 Å². The van der Waals surface area contributed by atoms with Crippen molar-refractivity contribution in [3.8, 4) is 22.9 Å². The molecule has 1 unspecified atom stereocenters. The first-order valence-corrected chi connectivity index (χ1v) is 19.9. The van der Waals surface area contributed by atoms with Crippen LogP contribution >= 0.6 is 23.7 Å². The summed E-state index contributed by atoms with van der Waals surface area (Å²) >= 11 is 2.43. The van der Waals surface area contributed by atoms with E-state index in [0.717, 1.165) is 35.0 Å². The molecule has 2 heterocycles. The zero-order valence-electron chi connectivity index (χ0n) is 31.2. The van der Waals surface area contributed by atoms with Gasteiger partial charge >= 0.3 is 0 Å². The lowest BCUT2D eigenvalue weighted by molar-refractivity contribution is -0.131. The lowest BCUT2D eigenvalue weighted by Crippen LogP contribution is -2.48. The van der Waals surface area contributed by atoms with Gasteiger partial charge in [-0.25, -0.2) is 4.39 Å². The number of aliphatic imine (C=N–C) groups is 1. The van der Waals surface area contributed by atoms with Crippen molar-refractivity contribution in [3.63, 3.8) is 0 Å². The van der Waals surface area contributed by atoms with Crippen LogP contribution in [0, 0.1) is 17.1 Å². The van der Waals surface area contributed by atoms with Crippen molar-refractivity contribution in [2.45, 2.75) is 46.2 Å². The van der Waals surface area contributed by atoms with Crippen LogP contribution in [0.3, 0.4) is 0 Å². The number of hydrogen-bond acceptors (Lipinski definition) is 10. The third-order valence-electron chi connectivity index (χ3n) is 8.97. The molecule has 0 radical (unpaired) electrons. The highest BCUT2D eigenvalue weighted by atomic mass is 32.2. The van der Waals surface area contributed by atoms with E-state index < -0.39 is 23.7 Å². The van der Waals surface area contributed by atoms with E-state index in [1.54, 1.807) is 19.2 Å². The summed E-state index contributed by atoms with van der Waals surface area (Å²) < 4.78 is 15.8. The molecule has 15 heteroatoms. The maximum atomic E-state index is 14.4. The predicted molar refractivity (Wildman–Crippen MR) is 212 cm³/mol. The van der Waals surface area contributed by atoms with Crippen LogP contribution in [0.1, 0.15) is 61.1 Å². The molecule has 1 atom stereocenters. The van der Waals surface area contributed by atoms with E-state index in [2.05, 4.69) is 15.2 Å². The molecule has 0 saturated carbocycles. The van der Waals surface area contributed by atoms with Gasteiger partial charge in [-0.3, -0.25) is 28.5 Å². The predicted octanol–water partition coefficient (Wildman–Crippen LogP) is 5.84. The highest BCUT2D eigenvalue weighted by molar-refractivity contribution is 8.13. The van der Waals surface area contributed by atoms with Crippen LogP contribution in [0.25, 0.3) is 11.1 Å². The van der Waals surface area contributed by atoms with Gasteiger partial charge < -0.3 is 25.1 Å². The number of nitriles is 1. The number of rotatable bonds is 11. The Kier molecular flexibility index (Phi) is 15.3. The molecular weight excluding hydrogens is 730 g/mol. The number of benzene rings is 3. The molecule has 1 fully saturated rings. The van der Waals surface area contributed by atoms with Crippen molar-refractivity contribution in [3.05, 3.63) is 83.2 Å². The van der Waals surface area contributed by atoms with Gasteiger partial charge in [-0.15, -0.1) is 0 Å². The molecule has 2 N–H and O–H groups in total. The second-order valence-electron chi connectivity index (χ2n) is 12.1. The number of carbonyl (C=O) groups is 4. The Morgan fingerprint density at radius 1 is 1.04 bits per heavy atom. The molecule has 0 aromatic heterocycles. The molecule has 54 heavy (non-hydrogen) atoms. The van der Waals surface area contributed by atoms with Gasteiger partial charge in [0.25, 0.3) is 11.8 Å². The van der Waals surface area contributed by atoms with Crippen molar-refractivity contribution in [1.82, 2.24) is 19.4 Å². The molecule has 0 aliphatic carbocycles. The van der Waals surface area contributed by atoms with E-state index in [9.17, 15) is 28.7 Å². The van der Waals surface area contributed by atoms with Crippen LogP contribution in [0.5, 0.6) is 5.75 Å². The summed E-state index contributed by atoms with van der Waals surface area (Å²) in [7, 11) is 1.52. The van der Waals surface area contributed by atoms with Gasteiger partial charge in [-0.05, 0) is 71.3 Å². The SMILES string of the molecule is CC.CCC(=O)N(CC#N)SCCC(=O)N1CCN(c2ccc(-c3ccc4c(c3)C(=O)N(C(C(=O)NC(=NC)SC)c3cc(F)ccc3O)C4)cc2)CC1. The molecule has 1 saturated heterocycles. The molecular formula is C39H46FN7O5S2. The van der Waals surface area contributed by atoms with Gasteiger partial charge in [0.1, 0.15) is 24.2 Å². The summed E-state index contributed by atoms with van der Waals surface area (Å²) in [6.45, 7) is 8.28. The van der Waals surface area contributed by atoms with E-state index in [0.29, 0.717) is 54.6 Å². The number of amides is 4. The second kappa shape index (κ2) is 19.8. The number of nitrogens with one attached hydrogen (secondary N) is 1. The van der Waals surface area contributed by atoms with Crippen LogP contribution in [0.2, 0.25) is 0 Å². The van der Waals surface area contributed by atoms with Crippen molar-refractivity contribution >= 4 is 58.2 Å². The maximum absolute atomic E-state index is 14.4. The Morgan fingerprint density at radius 3 is 2.35 bits per heavy atom. The number of halogens is 1. The van der Waals surface area contributed by atoms with Gasteiger partial charge in [-0.1, -0.05) is 56.8 Å². The number of phenolic OH excluding ortho intramolecular Hbond substituents is 1. The number of thioether (sulfide) groups is 1. The first kappa shape index (κ1) is 41.7. The average Bonchev–Trinajstić information content (AvgIpc) is 3.52. The number of phenols is 1. The van der Waals surface area contributed by atoms with Crippen LogP contribution < -0.4 is 10.2 Å². The zero-order chi connectivity index (χ0) is 39.4. The maximum Gasteiger partial charge on any atom is 0.255 e. The normalized spacial score (nSPS) is 14.4. The van der Waals surface area contributed by atoms with E-state index in [1.807, 2.05) is 61.2 Å². The third kappa shape index (κ3) is 9.91. The molecule has 5 rings (SSSR count). The zero-order valence-corrected chi connectivity index (χ0v) is 32.8. The van der Waals surface area contributed by atoms with Crippen LogP contribution in [-0.4, -0.2) is 99.8 Å². The topological polar surface area (TPSA) is 150 Å². The average molecular weight is 776 g/mol. The van der Waals surface area contributed by atoms with Crippen LogP contribution in [-0.2, 0) is 20.9 Å². The number of hydrogen-bond donors (Lipinski definition) is 2. The van der Waals surface area contributed by atoms with Crippen molar-refractivity contribution in [2.75, 3.05) is 56.7 Å². The van der Waals surface area contributed by atoms with E-state index in [1.165, 1.54) is 40.0 Å². The van der Waals surface area contributed by atoms with E-state index >= 15 is 0 Å². The number of carbonyl (C=O) groups excluding carboxylic acids is 4. The fourth-order valence-electron chi connectivity index (χ4n) is 6.20. The number of anilines is 1. The molecule has 286 valence electrons. The van der Waals surface area contributed by atoms with Crippen LogP contribution in [0.15, 0.2) is 65.7 Å². The molecule has 3 aromatic carbocycles. The minimum absolute atomic E-state index is 0.00824. The number of nitrogens with zero attached hydrogens (tertiary/aromatic N) is 6. The molecule has 2 aliphatic rings. The Morgan fingerprint density at radius 2 is 1.72 bits per heavy atom. The van der Waals surface area contributed by atoms with E-state index in [-0.39, 0.29) is 42.6 Å². The van der Waals surface area contributed by atoms with Gasteiger partial charge in [0, 0.05) is 75.2 Å². The minimum atomic E-state index is -1.31. The first-order valence-electron chi connectivity index (χ1n) is 17.8. The molecule has 12 nitrogen and oxygen atoms in total. The lowest BCUT2D eigenvalue weighted by atomic mass is 10.00. The highest BCUT2D eigenvalue weighted by Gasteiger charge is 2.39. The summed E-state index contributed by atoms with van der Waals surface area (Å²) in [6, 6.07) is 17.5. The fraction of sp³-hybridized carbons (Fsp3) is 0.385. The molecule has 4 amide bonds. The summed E-state index contributed by atoms with van der Waals surface area (Å²) in [4.78, 5) is 61.6. The van der Waals surface area contributed by atoms with Crippen molar-refractivity contribution < 1.29 is 28.7 Å². The van der Waals surface area contributed by atoms with Crippen LogP contribution in [0.4, 0.5) is 10.1 Å². The molecule has 2 aliphatic heterocycles. The van der Waals surface area contributed by atoms with Crippen molar-refractivity contribution in [1.29, 1.82) is 5.26 Å². The summed E-state index contributed by atoms with van der Waals surface area (Å²) in [5.74, 6) is -1.68. The Hall–Kier alpha value is -5.07. The fourth-order valence-corrected chi connectivity index (χ4v) is 7.50. The second-order valence-corrected chi connectivity index (χ2v) is 14.0. The molecule has 0 spiro atoms. The number of piperazine rings is 1. The first-order chi connectivity index (χ1) is 26.1. The molecule has 0 bridgehead atoms. The standard InChI is InChI=1S/C37H40FN7O5S2.C2H6/c1-4-32(47)45(15-14-39)52-20-13-33(48)43-18-16-42(17-19-43)28-10-7-24(8-11-28)25-5-6-26-23-44(36(50)29(26)21-25)34(35(49)41-37(40-2)51-3)30-22-27(38)9-12-31(30)46;1-2/h5-12,21-22,34,46H,4,13,15-20,23H2,1-3H3,(H,40,41,49);1-2H3. The Bertz CT molecular complexity index is 1890. The van der Waals surface area contributed by atoms with Crippen molar-refractivity contribution in [2.24, 2.45) is 4.99 Å². The Balaban J connectivity index is 0.00000319. The molecule has 3 aromatic rings. The van der Waals surface area contributed by atoms with E-state index in [4.69, 9.17) is 5.26 Å². The lowest BCUT2D eigenvalue weighted by Gasteiger charge is -2.36. The van der Waals surface area contributed by atoms with Gasteiger partial charge in [0.2, 0.25) is 11.8 Å². The number of fused-ring (bicyclic) bond motifs is 1.